The summed E-state index contributed by atoms with van der Waals surface area (Å²) in [4.78, 5) is 12.9. The predicted octanol–water partition coefficient (Wildman–Crippen LogP) is 3.84. The molecule has 0 radical (unpaired) electrons. The van der Waals surface area contributed by atoms with Gasteiger partial charge >= 0.3 is 0 Å². The fourth-order valence-corrected chi connectivity index (χ4v) is 4.37. The van der Waals surface area contributed by atoms with E-state index in [4.69, 9.17) is 16.3 Å². The summed E-state index contributed by atoms with van der Waals surface area (Å²) in [5, 5.41) is 14.3. The van der Waals surface area contributed by atoms with Crippen molar-refractivity contribution in [1.82, 2.24) is 9.72 Å². The van der Waals surface area contributed by atoms with Gasteiger partial charge in [-0.15, -0.1) is 0 Å². The van der Waals surface area contributed by atoms with Gasteiger partial charge < -0.3 is 19.6 Å². The van der Waals surface area contributed by atoms with Gasteiger partial charge in [0.2, 0.25) is 0 Å². The first-order chi connectivity index (χ1) is 12.9. The first-order valence-corrected chi connectivity index (χ1v) is 10.2. The van der Waals surface area contributed by atoms with Crippen LogP contribution in [0, 0.1) is 5.92 Å². The van der Waals surface area contributed by atoms with Gasteiger partial charge in [-0.1, -0.05) is 31.4 Å². The molecule has 1 saturated carbocycles. The van der Waals surface area contributed by atoms with Crippen molar-refractivity contribution in [2.45, 2.75) is 51.6 Å². The highest BCUT2D eigenvalue weighted by Crippen LogP contribution is 2.32. The smallest absolute Gasteiger partial charge is 0.253 e. The average Bonchev–Trinajstić information content (AvgIpc) is 3.00. The van der Waals surface area contributed by atoms with Gasteiger partial charge in [0, 0.05) is 31.5 Å². The molecule has 148 valence electrons. The average molecular weight is 393 g/mol. The number of carbonyl (C=O) groups is 1. The predicted molar refractivity (Wildman–Crippen MR) is 108 cm³/mol. The largest absolute Gasteiger partial charge is 0.388 e. The monoisotopic (exact) mass is 392 g/mol. The van der Waals surface area contributed by atoms with Crippen molar-refractivity contribution in [2.24, 2.45) is 5.92 Å². The Labute approximate surface area is 165 Å². The number of ether oxygens (including phenoxy) is 1. The lowest BCUT2D eigenvalue weighted by Crippen LogP contribution is -2.45. The van der Waals surface area contributed by atoms with Crippen LogP contribution in [-0.4, -0.2) is 40.8 Å². The van der Waals surface area contributed by atoms with Crippen molar-refractivity contribution in [3.63, 3.8) is 0 Å². The Morgan fingerprint density at radius 3 is 3.07 bits per heavy atom. The van der Waals surface area contributed by atoms with Crippen molar-refractivity contribution in [2.75, 3.05) is 19.8 Å². The van der Waals surface area contributed by atoms with E-state index >= 15 is 0 Å². The molecule has 0 bridgehead atoms. The van der Waals surface area contributed by atoms with Crippen molar-refractivity contribution < 1.29 is 14.6 Å². The molecule has 2 N–H and O–H groups in total. The third-order valence-corrected chi connectivity index (χ3v) is 5.72. The second-order valence-corrected chi connectivity index (χ2v) is 8.09. The number of hydrogen-bond acceptors (Lipinski definition) is 3. The fourth-order valence-electron chi connectivity index (χ4n) is 4.10. The molecule has 0 unspecified atom stereocenters. The van der Waals surface area contributed by atoms with Gasteiger partial charge in [0.15, 0.2) is 0 Å². The number of carbonyl (C=O) groups excluding carboxylic acids is 1. The highest BCUT2D eigenvalue weighted by molar-refractivity contribution is 6.34. The summed E-state index contributed by atoms with van der Waals surface area (Å²) in [7, 11) is 0. The molecular formula is C21H29ClN2O3. The number of fused-ring (bicyclic) bond motifs is 1. The molecule has 0 saturated heterocycles. The summed E-state index contributed by atoms with van der Waals surface area (Å²) in [5.41, 5.74) is 1.41. The first-order valence-electron chi connectivity index (χ1n) is 9.80. The van der Waals surface area contributed by atoms with Crippen LogP contribution in [0.4, 0.5) is 0 Å². The lowest BCUT2D eigenvalue weighted by Gasteiger charge is -2.35. The second kappa shape index (κ2) is 8.63. The van der Waals surface area contributed by atoms with Crippen LogP contribution in [0.3, 0.4) is 0 Å². The molecule has 0 spiro atoms. The zero-order valence-corrected chi connectivity index (χ0v) is 16.9. The van der Waals surface area contributed by atoms with Crippen molar-refractivity contribution in [1.29, 1.82) is 0 Å². The molecular weight excluding hydrogens is 364 g/mol. The van der Waals surface area contributed by atoms with Gasteiger partial charge in [-0.25, -0.2) is 0 Å². The van der Waals surface area contributed by atoms with E-state index < -0.39 is 5.60 Å². The first kappa shape index (κ1) is 20.2. The van der Waals surface area contributed by atoms with Crippen molar-refractivity contribution >= 4 is 23.0 Å². The third kappa shape index (κ3) is 4.65. The SMILES string of the molecule is CCOCCc1cc(C(=O)NC[C@@]2(O)CCC[C@@H](C)C2)c2c(Cl)cccn12. The van der Waals surface area contributed by atoms with Crippen LogP contribution in [0.1, 0.15) is 55.6 Å². The number of pyridine rings is 1. The molecule has 2 atom stereocenters. The normalized spacial score (nSPS) is 22.9. The number of nitrogens with one attached hydrogen (secondary N) is 1. The van der Waals surface area contributed by atoms with Crippen LogP contribution in [0.15, 0.2) is 24.4 Å². The van der Waals surface area contributed by atoms with Crippen molar-refractivity contribution in [3.05, 3.63) is 40.7 Å². The summed E-state index contributed by atoms with van der Waals surface area (Å²) < 4.78 is 7.41. The van der Waals surface area contributed by atoms with E-state index in [9.17, 15) is 9.90 Å². The topological polar surface area (TPSA) is 63.0 Å². The van der Waals surface area contributed by atoms with Gasteiger partial charge in [-0.3, -0.25) is 4.79 Å². The Bertz CT molecular complexity index is 804. The highest BCUT2D eigenvalue weighted by Gasteiger charge is 2.33. The van der Waals surface area contributed by atoms with E-state index in [1.54, 1.807) is 6.07 Å². The quantitative estimate of drug-likeness (QED) is 0.703. The van der Waals surface area contributed by atoms with E-state index in [1.807, 2.05) is 29.7 Å². The fraction of sp³-hybridized carbons (Fsp3) is 0.571. The van der Waals surface area contributed by atoms with Crippen LogP contribution in [0.25, 0.3) is 5.52 Å². The van der Waals surface area contributed by atoms with E-state index in [2.05, 4.69) is 12.2 Å². The Balaban J connectivity index is 1.79. The summed E-state index contributed by atoms with van der Waals surface area (Å²) in [6, 6.07) is 5.53. The minimum Gasteiger partial charge on any atom is -0.388 e. The van der Waals surface area contributed by atoms with Gasteiger partial charge in [0.1, 0.15) is 0 Å². The minimum absolute atomic E-state index is 0.199. The van der Waals surface area contributed by atoms with Crippen LogP contribution in [0.5, 0.6) is 0 Å². The molecule has 6 heteroatoms. The van der Waals surface area contributed by atoms with Gasteiger partial charge in [0.25, 0.3) is 5.91 Å². The minimum atomic E-state index is -0.815. The molecule has 1 amide bonds. The lowest BCUT2D eigenvalue weighted by molar-refractivity contribution is -0.0109. The van der Waals surface area contributed by atoms with Crippen molar-refractivity contribution in [3.8, 4) is 0 Å². The Morgan fingerprint density at radius 1 is 1.52 bits per heavy atom. The van der Waals surface area contributed by atoms with Gasteiger partial charge in [-0.05, 0) is 43.9 Å². The molecule has 1 fully saturated rings. The van der Waals surface area contributed by atoms with Gasteiger partial charge in [0.05, 0.1) is 28.3 Å². The van der Waals surface area contributed by atoms with Crippen LogP contribution in [-0.2, 0) is 11.2 Å². The number of rotatable bonds is 7. The zero-order chi connectivity index (χ0) is 19.4. The van der Waals surface area contributed by atoms with Crippen LogP contribution < -0.4 is 5.32 Å². The number of hydrogen-bond donors (Lipinski definition) is 2. The number of aliphatic hydroxyl groups is 1. The molecule has 2 aromatic rings. The molecule has 5 nitrogen and oxygen atoms in total. The summed E-state index contributed by atoms with van der Waals surface area (Å²) in [5.74, 6) is 0.283. The Hall–Kier alpha value is -1.56. The Morgan fingerprint density at radius 2 is 2.33 bits per heavy atom. The maximum Gasteiger partial charge on any atom is 0.253 e. The zero-order valence-electron chi connectivity index (χ0n) is 16.1. The van der Waals surface area contributed by atoms with E-state index in [0.717, 1.165) is 31.4 Å². The summed E-state index contributed by atoms with van der Waals surface area (Å²) in [6.45, 7) is 5.63. The second-order valence-electron chi connectivity index (χ2n) is 7.68. The Kier molecular flexibility index (Phi) is 6.45. The molecule has 1 aliphatic carbocycles. The number of nitrogens with zero attached hydrogens (tertiary/aromatic N) is 1. The van der Waals surface area contributed by atoms with Crippen LogP contribution in [0.2, 0.25) is 5.02 Å². The number of amides is 1. The molecule has 27 heavy (non-hydrogen) atoms. The molecule has 1 aliphatic rings. The van der Waals surface area contributed by atoms with Gasteiger partial charge in [-0.2, -0.15) is 0 Å². The number of aromatic nitrogens is 1. The standard InChI is InChI=1S/C21H29ClN2O3/c1-3-27-11-8-16-12-17(19-18(22)7-5-10-24(16)19)20(25)23-14-21(26)9-4-6-15(2)13-21/h5,7,10,12,15,26H,3-4,6,8-9,11,13-14H2,1-2H3,(H,23,25)/t15-,21-/m1/s1. The molecule has 2 aromatic heterocycles. The summed E-state index contributed by atoms with van der Waals surface area (Å²) >= 11 is 6.39. The third-order valence-electron chi connectivity index (χ3n) is 5.42. The van der Waals surface area contributed by atoms with E-state index in [0.29, 0.717) is 41.7 Å². The molecule has 3 rings (SSSR count). The molecule has 0 aliphatic heterocycles. The maximum absolute atomic E-state index is 12.9. The van der Waals surface area contributed by atoms with Crippen LogP contribution >= 0.6 is 11.6 Å². The number of halogens is 1. The molecule has 0 aromatic carbocycles. The lowest BCUT2D eigenvalue weighted by atomic mass is 9.79. The van der Waals surface area contributed by atoms with E-state index in [1.165, 1.54) is 0 Å². The highest BCUT2D eigenvalue weighted by atomic mass is 35.5. The maximum atomic E-state index is 12.9. The molecule has 2 heterocycles. The summed E-state index contributed by atoms with van der Waals surface area (Å²) in [6.07, 6.45) is 6.20. The van der Waals surface area contributed by atoms with E-state index in [-0.39, 0.29) is 12.5 Å².